The van der Waals surface area contributed by atoms with Crippen LogP contribution in [0.4, 0.5) is 0 Å². The Balaban J connectivity index is 2.18. The molecule has 20 heavy (non-hydrogen) atoms. The van der Waals surface area contributed by atoms with Gasteiger partial charge in [-0.05, 0) is 44.4 Å². The summed E-state index contributed by atoms with van der Waals surface area (Å²) in [5, 5.41) is 10.4. The van der Waals surface area contributed by atoms with Crippen molar-refractivity contribution in [1.82, 2.24) is 0 Å². The van der Waals surface area contributed by atoms with E-state index in [1.165, 1.54) is 0 Å². The number of rotatable bonds is 2. The smallest absolute Gasteiger partial charge is 0.314 e. The minimum absolute atomic E-state index is 0.292. The molecule has 0 amide bonds. The van der Waals surface area contributed by atoms with E-state index in [4.69, 9.17) is 16.3 Å². The number of hydrogen-bond donors (Lipinski definition) is 1. The topological polar surface area (TPSA) is 46.5 Å². The molecule has 0 spiro atoms. The summed E-state index contributed by atoms with van der Waals surface area (Å²) in [7, 11) is 0. The average molecular weight is 295 g/mol. The van der Waals surface area contributed by atoms with Crippen LogP contribution in [0.1, 0.15) is 50.7 Å². The van der Waals surface area contributed by atoms with Gasteiger partial charge < -0.3 is 9.84 Å². The summed E-state index contributed by atoms with van der Waals surface area (Å²) in [6.45, 7) is 4.04. The third kappa shape index (κ3) is 1.99. The van der Waals surface area contributed by atoms with Gasteiger partial charge in [0.25, 0.3) is 0 Å². The first-order valence-electron chi connectivity index (χ1n) is 7.09. The Kier molecular flexibility index (Phi) is 3.02. The number of halogens is 1. The second-order valence-electron chi connectivity index (χ2n) is 6.57. The standard InChI is InChI=1S/C16H19ClO3/c1-15(2)9-10-7-11(17)8-12(13(10)20-15)16(14(18)19)5-3-4-6-16/h7-8H,3-6,9H2,1-2H3,(H,18,19). The number of carbonyl (C=O) groups is 1. The molecule has 1 N–H and O–H groups in total. The van der Waals surface area contributed by atoms with Gasteiger partial charge in [-0.15, -0.1) is 0 Å². The van der Waals surface area contributed by atoms with Crippen molar-refractivity contribution in [1.29, 1.82) is 0 Å². The molecule has 108 valence electrons. The van der Waals surface area contributed by atoms with Crippen LogP contribution < -0.4 is 4.74 Å². The molecule has 0 atom stereocenters. The first-order valence-corrected chi connectivity index (χ1v) is 7.47. The maximum atomic E-state index is 11.9. The molecule has 1 aromatic carbocycles. The minimum Gasteiger partial charge on any atom is -0.487 e. The van der Waals surface area contributed by atoms with Gasteiger partial charge in [0.1, 0.15) is 11.4 Å². The van der Waals surface area contributed by atoms with Crippen LogP contribution >= 0.6 is 11.6 Å². The van der Waals surface area contributed by atoms with E-state index >= 15 is 0 Å². The van der Waals surface area contributed by atoms with E-state index in [2.05, 4.69) is 0 Å². The van der Waals surface area contributed by atoms with Crippen LogP contribution in [0.25, 0.3) is 0 Å². The second kappa shape index (κ2) is 4.39. The van der Waals surface area contributed by atoms with E-state index in [9.17, 15) is 9.90 Å². The zero-order valence-corrected chi connectivity index (χ0v) is 12.6. The highest BCUT2D eigenvalue weighted by Gasteiger charge is 2.47. The quantitative estimate of drug-likeness (QED) is 0.898. The van der Waals surface area contributed by atoms with Gasteiger partial charge in [0, 0.05) is 17.0 Å². The molecule has 0 aromatic heterocycles. The minimum atomic E-state index is -0.824. The van der Waals surface area contributed by atoms with Crippen molar-refractivity contribution in [2.75, 3.05) is 0 Å². The Labute approximate surface area is 123 Å². The van der Waals surface area contributed by atoms with E-state index in [-0.39, 0.29) is 5.60 Å². The first kappa shape index (κ1) is 13.7. The van der Waals surface area contributed by atoms with Gasteiger partial charge in [-0.25, -0.2) is 0 Å². The Morgan fingerprint density at radius 3 is 2.55 bits per heavy atom. The lowest BCUT2D eigenvalue weighted by Crippen LogP contribution is -2.33. The summed E-state index contributed by atoms with van der Waals surface area (Å²) in [5.41, 5.74) is 0.691. The van der Waals surface area contributed by atoms with E-state index < -0.39 is 11.4 Å². The van der Waals surface area contributed by atoms with Crippen LogP contribution in [0.5, 0.6) is 5.75 Å². The summed E-state index contributed by atoms with van der Waals surface area (Å²) in [6.07, 6.45) is 3.98. The SMILES string of the molecule is CC1(C)Cc2cc(Cl)cc(C3(C(=O)O)CCCC3)c2O1. The second-order valence-corrected chi connectivity index (χ2v) is 7.01. The normalized spacial score (nSPS) is 22.4. The van der Waals surface area contributed by atoms with Crippen molar-refractivity contribution in [3.63, 3.8) is 0 Å². The number of carboxylic acids is 1. The lowest BCUT2D eigenvalue weighted by atomic mass is 9.77. The molecule has 0 saturated heterocycles. The highest BCUT2D eigenvalue weighted by Crippen LogP contribution is 2.50. The van der Waals surface area contributed by atoms with Crippen molar-refractivity contribution in [2.24, 2.45) is 0 Å². The summed E-state index contributed by atoms with van der Waals surface area (Å²) >= 11 is 6.22. The summed E-state index contributed by atoms with van der Waals surface area (Å²) < 4.78 is 6.05. The lowest BCUT2D eigenvalue weighted by Gasteiger charge is -2.27. The van der Waals surface area contributed by atoms with Gasteiger partial charge in [0.05, 0.1) is 5.41 Å². The monoisotopic (exact) mass is 294 g/mol. The summed E-state index contributed by atoms with van der Waals surface area (Å²) in [6, 6.07) is 3.70. The van der Waals surface area contributed by atoms with Gasteiger partial charge in [-0.2, -0.15) is 0 Å². The van der Waals surface area contributed by atoms with Crippen LogP contribution in [0.3, 0.4) is 0 Å². The number of fused-ring (bicyclic) bond motifs is 1. The molecule has 0 radical (unpaired) electrons. The van der Waals surface area contributed by atoms with Crippen molar-refractivity contribution < 1.29 is 14.6 Å². The molecule has 2 aliphatic rings. The number of hydrogen-bond acceptors (Lipinski definition) is 2. The van der Waals surface area contributed by atoms with Crippen LogP contribution in [0.2, 0.25) is 5.02 Å². The maximum absolute atomic E-state index is 11.9. The largest absolute Gasteiger partial charge is 0.487 e. The molecular formula is C16H19ClO3. The fraction of sp³-hybridized carbons (Fsp3) is 0.562. The van der Waals surface area contributed by atoms with Crippen molar-refractivity contribution >= 4 is 17.6 Å². The van der Waals surface area contributed by atoms with Crippen LogP contribution in [-0.4, -0.2) is 16.7 Å². The fourth-order valence-electron chi connectivity index (χ4n) is 3.61. The average Bonchev–Trinajstić information content (AvgIpc) is 2.91. The van der Waals surface area contributed by atoms with Gasteiger partial charge in [0.15, 0.2) is 0 Å². The zero-order valence-electron chi connectivity index (χ0n) is 11.8. The van der Waals surface area contributed by atoms with Gasteiger partial charge >= 0.3 is 5.97 Å². The van der Waals surface area contributed by atoms with Crippen molar-refractivity contribution in [3.8, 4) is 5.75 Å². The highest BCUT2D eigenvalue weighted by atomic mass is 35.5. The molecule has 3 nitrogen and oxygen atoms in total. The molecule has 1 aliphatic heterocycles. The maximum Gasteiger partial charge on any atom is 0.314 e. The van der Waals surface area contributed by atoms with Crippen molar-refractivity contribution in [3.05, 3.63) is 28.3 Å². The number of carboxylic acid groups (broad SMARTS) is 1. The lowest BCUT2D eigenvalue weighted by molar-refractivity contribution is -0.143. The fourth-order valence-corrected chi connectivity index (χ4v) is 3.85. The Morgan fingerprint density at radius 2 is 1.95 bits per heavy atom. The molecular weight excluding hydrogens is 276 g/mol. The van der Waals surface area contributed by atoms with Gasteiger partial charge in [0.2, 0.25) is 0 Å². The molecule has 0 unspecified atom stereocenters. The van der Waals surface area contributed by atoms with Gasteiger partial charge in [-0.1, -0.05) is 24.4 Å². The van der Waals surface area contributed by atoms with E-state index in [1.54, 1.807) is 6.07 Å². The van der Waals surface area contributed by atoms with Crippen LogP contribution in [0, 0.1) is 0 Å². The molecule has 1 saturated carbocycles. The number of ether oxygens (including phenoxy) is 1. The molecule has 1 aromatic rings. The van der Waals surface area contributed by atoms with Gasteiger partial charge in [-0.3, -0.25) is 4.79 Å². The van der Waals surface area contributed by atoms with Crippen LogP contribution in [-0.2, 0) is 16.6 Å². The van der Waals surface area contributed by atoms with Crippen LogP contribution in [0.15, 0.2) is 12.1 Å². The third-order valence-electron chi connectivity index (χ3n) is 4.51. The summed E-state index contributed by atoms with van der Waals surface area (Å²) in [5.74, 6) is -0.00327. The Hall–Kier alpha value is -1.22. The molecule has 0 bridgehead atoms. The molecule has 1 heterocycles. The Bertz CT molecular complexity index is 571. The Morgan fingerprint density at radius 1 is 1.30 bits per heavy atom. The number of benzene rings is 1. The summed E-state index contributed by atoms with van der Waals surface area (Å²) in [4.78, 5) is 11.9. The molecule has 3 rings (SSSR count). The first-order chi connectivity index (χ1) is 9.34. The van der Waals surface area contributed by atoms with Crippen molar-refractivity contribution in [2.45, 2.75) is 57.0 Å². The zero-order chi connectivity index (χ0) is 14.5. The molecule has 4 heteroatoms. The molecule has 1 aliphatic carbocycles. The van der Waals surface area contributed by atoms with E-state index in [0.29, 0.717) is 17.9 Å². The van der Waals surface area contributed by atoms with E-state index in [0.717, 1.165) is 36.1 Å². The third-order valence-corrected chi connectivity index (χ3v) is 4.73. The predicted octanol–water partition coefficient (Wildman–Crippen LogP) is 3.95. The highest BCUT2D eigenvalue weighted by molar-refractivity contribution is 6.30. The van der Waals surface area contributed by atoms with E-state index in [1.807, 2.05) is 19.9 Å². The molecule has 1 fully saturated rings. The predicted molar refractivity (Wildman–Crippen MR) is 77.6 cm³/mol. The number of aliphatic carboxylic acids is 1.